The number of fused-ring (bicyclic) bond motifs is 1. The Kier molecular flexibility index (Phi) is 2.94. The number of imidazole rings is 1. The number of nitrogens with one attached hydrogen (secondary N) is 1. The van der Waals surface area contributed by atoms with Gasteiger partial charge in [-0.05, 0) is 18.2 Å². The lowest BCUT2D eigenvalue weighted by Crippen LogP contribution is -2.42. The number of urea groups is 2. The molecule has 0 aliphatic carbocycles. The number of amides is 4. The quantitative estimate of drug-likeness (QED) is 0.267. The molecule has 0 radical (unpaired) electrons. The van der Waals surface area contributed by atoms with Gasteiger partial charge in [-0.15, -0.1) is 0 Å². The molecular weight excluding hydrogens is 252 g/mol. The van der Waals surface area contributed by atoms with Gasteiger partial charge in [-0.3, -0.25) is 0 Å². The number of hydrogen-bond donors (Lipinski definition) is 5. The highest BCUT2D eigenvalue weighted by Crippen LogP contribution is 2.21. The minimum absolute atomic E-state index is 0.0716. The lowest BCUT2D eigenvalue weighted by Gasteiger charge is -2.12. The SMILES string of the molecule is NC(=O)N(N)c1ccc2nc(N(N)C(N)=O)[nH]c2c1. The lowest BCUT2D eigenvalue weighted by molar-refractivity contribution is 0.253. The summed E-state index contributed by atoms with van der Waals surface area (Å²) in [5.41, 5.74) is 11.5. The first kappa shape index (κ1) is 12.6. The highest BCUT2D eigenvalue weighted by molar-refractivity contribution is 5.93. The second-order valence-corrected chi connectivity index (χ2v) is 3.68. The molecule has 0 aliphatic rings. The Balaban J connectivity index is 2.44. The molecule has 10 nitrogen and oxygen atoms in total. The maximum Gasteiger partial charge on any atom is 0.336 e. The smallest absolute Gasteiger partial charge is 0.336 e. The topological polar surface area (TPSA) is 173 Å². The van der Waals surface area contributed by atoms with E-state index in [9.17, 15) is 9.59 Å². The zero-order valence-electron chi connectivity index (χ0n) is 9.70. The second-order valence-electron chi connectivity index (χ2n) is 3.68. The standard InChI is InChI=1S/C9H12N8O2/c10-7(18)16(12)4-1-2-5-6(3-4)15-9(14-5)17(13)8(11)19/h1-3H,12-13H2,(H2,10,18)(H2,11,19)(H,14,15). The van der Waals surface area contributed by atoms with Gasteiger partial charge in [-0.2, -0.15) is 5.01 Å². The molecule has 0 unspecified atom stereocenters. The molecule has 9 N–H and O–H groups in total. The molecule has 19 heavy (non-hydrogen) atoms. The van der Waals surface area contributed by atoms with Crippen LogP contribution in [0.4, 0.5) is 21.2 Å². The fourth-order valence-corrected chi connectivity index (χ4v) is 1.48. The number of carbonyl (C=O) groups is 2. The Hall–Kier alpha value is -2.85. The number of benzene rings is 1. The van der Waals surface area contributed by atoms with Crippen molar-refractivity contribution in [2.24, 2.45) is 23.2 Å². The monoisotopic (exact) mass is 264 g/mol. The number of hydrazine groups is 2. The highest BCUT2D eigenvalue weighted by atomic mass is 16.2. The maximum absolute atomic E-state index is 10.9. The number of rotatable bonds is 2. The molecule has 0 aliphatic heterocycles. The minimum Gasteiger partial charge on any atom is -0.350 e. The molecule has 0 atom stereocenters. The zero-order valence-corrected chi connectivity index (χ0v) is 9.70. The number of primary amides is 2. The molecule has 0 bridgehead atoms. The number of nitrogens with zero attached hydrogens (tertiary/aromatic N) is 3. The third-order valence-corrected chi connectivity index (χ3v) is 2.43. The van der Waals surface area contributed by atoms with E-state index in [2.05, 4.69) is 9.97 Å². The number of hydrogen-bond acceptors (Lipinski definition) is 5. The molecule has 0 saturated carbocycles. The normalized spacial score (nSPS) is 10.4. The van der Waals surface area contributed by atoms with Crippen LogP contribution >= 0.6 is 0 Å². The van der Waals surface area contributed by atoms with E-state index >= 15 is 0 Å². The van der Waals surface area contributed by atoms with E-state index in [1.165, 1.54) is 6.07 Å². The fourth-order valence-electron chi connectivity index (χ4n) is 1.48. The fraction of sp³-hybridized carbons (Fsp3) is 0. The van der Waals surface area contributed by atoms with E-state index in [0.29, 0.717) is 21.7 Å². The van der Waals surface area contributed by atoms with Gasteiger partial charge in [0.05, 0.1) is 16.7 Å². The summed E-state index contributed by atoms with van der Waals surface area (Å²) < 4.78 is 0. The van der Waals surface area contributed by atoms with Crippen LogP contribution in [0.5, 0.6) is 0 Å². The average molecular weight is 264 g/mol. The van der Waals surface area contributed by atoms with Crippen LogP contribution in [0.3, 0.4) is 0 Å². The van der Waals surface area contributed by atoms with E-state index in [-0.39, 0.29) is 5.95 Å². The van der Waals surface area contributed by atoms with Crippen molar-refractivity contribution >= 4 is 34.7 Å². The van der Waals surface area contributed by atoms with E-state index in [1.54, 1.807) is 12.1 Å². The number of carbonyl (C=O) groups excluding carboxylic acids is 2. The van der Waals surface area contributed by atoms with Crippen molar-refractivity contribution in [1.29, 1.82) is 0 Å². The summed E-state index contributed by atoms with van der Waals surface area (Å²) >= 11 is 0. The third-order valence-electron chi connectivity index (χ3n) is 2.43. The van der Waals surface area contributed by atoms with Gasteiger partial charge in [-0.25, -0.2) is 31.3 Å². The molecule has 100 valence electrons. The number of aromatic nitrogens is 2. The summed E-state index contributed by atoms with van der Waals surface area (Å²) in [5, 5.41) is 1.43. The predicted molar refractivity (Wildman–Crippen MR) is 68.6 cm³/mol. The maximum atomic E-state index is 10.9. The number of nitrogens with two attached hydrogens (primary N) is 4. The van der Waals surface area contributed by atoms with Crippen molar-refractivity contribution < 1.29 is 9.59 Å². The summed E-state index contributed by atoms with van der Waals surface area (Å²) in [7, 11) is 0. The molecule has 1 aromatic heterocycles. The van der Waals surface area contributed by atoms with E-state index < -0.39 is 12.1 Å². The molecular formula is C9H12N8O2. The molecule has 2 rings (SSSR count). The van der Waals surface area contributed by atoms with Crippen LogP contribution in [0.1, 0.15) is 0 Å². The molecule has 0 spiro atoms. The highest BCUT2D eigenvalue weighted by Gasteiger charge is 2.14. The van der Waals surface area contributed by atoms with E-state index in [4.69, 9.17) is 23.2 Å². The summed E-state index contributed by atoms with van der Waals surface area (Å²) in [6.45, 7) is 0. The van der Waals surface area contributed by atoms with Gasteiger partial charge >= 0.3 is 12.1 Å². The first-order valence-corrected chi connectivity index (χ1v) is 5.08. The van der Waals surface area contributed by atoms with Gasteiger partial charge < -0.3 is 16.5 Å². The zero-order chi connectivity index (χ0) is 14.2. The van der Waals surface area contributed by atoms with Crippen LogP contribution < -0.4 is 33.2 Å². The first-order chi connectivity index (χ1) is 8.90. The largest absolute Gasteiger partial charge is 0.350 e. The van der Waals surface area contributed by atoms with Gasteiger partial charge in [0.15, 0.2) is 0 Å². The van der Waals surface area contributed by atoms with Crippen LogP contribution in [0.25, 0.3) is 11.0 Å². The molecule has 4 amide bonds. The van der Waals surface area contributed by atoms with Crippen molar-refractivity contribution in [2.75, 3.05) is 10.0 Å². The van der Waals surface area contributed by atoms with Crippen LogP contribution in [0.15, 0.2) is 18.2 Å². The Morgan fingerprint density at radius 3 is 2.32 bits per heavy atom. The number of aromatic amines is 1. The van der Waals surface area contributed by atoms with Crippen molar-refractivity contribution in [3.63, 3.8) is 0 Å². The van der Waals surface area contributed by atoms with Crippen LogP contribution in [0, 0.1) is 0 Å². The van der Waals surface area contributed by atoms with Gasteiger partial charge in [0.1, 0.15) is 0 Å². The minimum atomic E-state index is -0.864. The second kappa shape index (κ2) is 4.44. The van der Waals surface area contributed by atoms with Gasteiger partial charge in [0, 0.05) is 0 Å². The Labute approximate surface area is 106 Å². The Bertz CT molecular complexity index is 633. The van der Waals surface area contributed by atoms with Crippen molar-refractivity contribution in [3.05, 3.63) is 18.2 Å². The number of H-pyrrole nitrogens is 1. The van der Waals surface area contributed by atoms with Crippen molar-refractivity contribution in [3.8, 4) is 0 Å². The van der Waals surface area contributed by atoms with Gasteiger partial charge in [0.2, 0.25) is 5.95 Å². The van der Waals surface area contributed by atoms with Crippen molar-refractivity contribution in [1.82, 2.24) is 9.97 Å². The molecule has 10 heteroatoms. The van der Waals surface area contributed by atoms with Gasteiger partial charge in [-0.1, -0.05) is 0 Å². The Morgan fingerprint density at radius 1 is 1.11 bits per heavy atom. The summed E-state index contributed by atoms with van der Waals surface area (Å²) in [6, 6.07) is 2.99. The summed E-state index contributed by atoms with van der Waals surface area (Å²) in [4.78, 5) is 28.7. The van der Waals surface area contributed by atoms with E-state index in [0.717, 1.165) is 5.01 Å². The third kappa shape index (κ3) is 2.25. The lowest BCUT2D eigenvalue weighted by atomic mass is 10.3. The first-order valence-electron chi connectivity index (χ1n) is 5.08. The molecule has 1 aromatic carbocycles. The molecule has 0 saturated heterocycles. The van der Waals surface area contributed by atoms with Crippen LogP contribution in [-0.2, 0) is 0 Å². The molecule has 2 aromatic rings. The summed E-state index contributed by atoms with van der Waals surface area (Å²) in [6.07, 6.45) is 0. The number of anilines is 2. The van der Waals surface area contributed by atoms with E-state index in [1.807, 2.05) is 0 Å². The summed E-state index contributed by atoms with van der Waals surface area (Å²) in [5.74, 6) is 10.9. The van der Waals surface area contributed by atoms with Gasteiger partial charge in [0.25, 0.3) is 0 Å². The van der Waals surface area contributed by atoms with Crippen LogP contribution in [-0.4, -0.2) is 22.0 Å². The average Bonchev–Trinajstić information content (AvgIpc) is 2.78. The Morgan fingerprint density at radius 2 is 1.74 bits per heavy atom. The predicted octanol–water partition coefficient (Wildman–Crippen LogP) is -0.920. The molecule has 0 fully saturated rings. The van der Waals surface area contributed by atoms with Crippen molar-refractivity contribution in [2.45, 2.75) is 0 Å². The molecule has 1 heterocycles. The van der Waals surface area contributed by atoms with Crippen LogP contribution in [0.2, 0.25) is 0 Å².